The van der Waals surface area contributed by atoms with Crippen LogP contribution >= 0.6 is 0 Å². The molecule has 0 atom stereocenters. The van der Waals surface area contributed by atoms with E-state index in [0.29, 0.717) is 17.7 Å². The zero-order valence-corrected chi connectivity index (χ0v) is 13.0. The fourth-order valence-corrected chi connectivity index (χ4v) is 2.53. The number of aromatic nitrogens is 2. The van der Waals surface area contributed by atoms with Gasteiger partial charge in [0.2, 0.25) is 5.43 Å². The van der Waals surface area contributed by atoms with E-state index < -0.39 is 0 Å². The zero-order valence-electron chi connectivity index (χ0n) is 13.0. The molecule has 0 bridgehead atoms. The summed E-state index contributed by atoms with van der Waals surface area (Å²) in [6.07, 6.45) is 0. The van der Waals surface area contributed by atoms with Crippen LogP contribution in [0, 0.1) is 6.92 Å². The average molecular weight is 307 g/mol. The molecule has 1 N–H and O–H groups in total. The molecule has 1 aromatic heterocycles. The van der Waals surface area contributed by atoms with E-state index in [4.69, 9.17) is 0 Å². The maximum atomic E-state index is 12.2. The van der Waals surface area contributed by atoms with Crippen LogP contribution in [0.2, 0.25) is 0 Å². The van der Waals surface area contributed by atoms with Gasteiger partial charge in [-0.15, -0.1) is 0 Å². The molecule has 5 heteroatoms. The number of rotatable bonds is 4. The van der Waals surface area contributed by atoms with E-state index in [9.17, 15) is 9.59 Å². The first-order chi connectivity index (χ1) is 11.1. The summed E-state index contributed by atoms with van der Waals surface area (Å²) < 4.78 is 1.67. The number of benzene rings is 1. The number of carbonyl (C=O) groups excluding carboxylic acids is 1. The third kappa shape index (κ3) is 2.99. The number of nitrogens with one attached hydrogen (secondary N) is 1. The van der Waals surface area contributed by atoms with E-state index >= 15 is 0 Å². The third-order valence-electron chi connectivity index (χ3n) is 3.75. The van der Waals surface area contributed by atoms with Crippen molar-refractivity contribution in [1.29, 1.82) is 0 Å². The summed E-state index contributed by atoms with van der Waals surface area (Å²) in [7, 11) is 0. The molecule has 0 radical (unpaired) electrons. The topological polar surface area (TPSA) is 64.0 Å². The zero-order chi connectivity index (χ0) is 16.4. The molecule has 0 saturated heterocycles. The molecule has 0 spiro atoms. The summed E-state index contributed by atoms with van der Waals surface area (Å²) in [5.41, 5.74) is 2.88. The van der Waals surface area contributed by atoms with Crippen LogP contribution in [0.25, 0.3) is 10.9 Å². The molecule has 3 aromatic rings. The van der Waals surface area contributed by atoms with Crippen LogP contribution in [0.4, 0.5) is 5.69 Å². The molecular weight excluding hydrogens is 290 g/mol. The normalized spacial score (nSPS) is 10.7. The Morgan fingerprint density at radius 3 is 2.52 bits per heavy atom. The van der Waals surface area contributed by atoms with Gasteiger partial charge in [-0.25, -0.2) is 4.68 Å². The van der Waals surface area contributed by atoms with Crippen molar-refractivity contribution in [1.82, 2.24) is 9.78 Å². The quantitative estimate of drug-likeness (QED) is 0.753. The molecule has 0 aliphatic carbocycles. The first-order valence-corrected chi connectivity index (χ1v) is 7.37. The van der Waals surface area contributed by atoms with Gasteiger partial charge in [0, 0.05) is 16.6 Å². The third-order valence-corrected chi connectivity index (χ3v) is 3.75. The molecule has 0 aliphatic rings. The minimum absolute atomic E-state index is 0.0359. The lowest BCUT2D eigenvalue weighted by Gasteiger charge is -2.07. The van der Waals surface area contributed by atoms with Crippen LogP contribution in [0.15, 0.2) is 53.3 Å². The highest BCUT2D eigenvalue weighted by Gasteiger charge is 2.09. The molecule has 1 heterocycles. The van der Waals surface area contributed by atoms with Crippen molar-refractivity contribution in [3.8, 4) is 0 Å². The summed E-state index contributed by atoms with van der Waals surface area (Å²) in [6, 6.07) is 14.3. The molecule has 0 unspecified atom stereocenters. The Hall–Kier alpha value is -2.95. The Balaban J connectivity index is 1.89. The molecule has 0 aliphatic heterocycles. The van der Waals surface area contributed by atoms with E-state index in [2.05, 4.69) is 10.4 Å². The highest BCUT2D eigenvalue weighted by molar-refractivity contribution is 5.94. The fraction of sp³-hybridized carbons (Fsp3) is 0.167. The molecular formula is C18H17N3O2. The number of hydrogen-bond donors (Lipinski definition) is 1. The lowest BCUT2D eigenvalue weighted by molar-refractivity contribution is 0.101. The number of nitrogens with zero attached hydrogens (tertiary/aromatic N) is 2. The van der Waals surface area contributed by atoms with Crippen LogP contribution < -0.4 is 10.7 Å². The first kappa shape index (κ1) is 15.0. The molecule has 2 aromatic carbocycles. The molecule has 0 saturated carbocycles. The molecule has 3 rings (SSSR count). The number of fused-ring (bicyclic) bond motifs is 1. The van der Waals surface area contributed by atoms with E-state index in [1.165, 1.54) is 6.92 Å². The SMILES string of the molecule is CC(=O)c1ccc(NCn2nc(C)c3ccccc(=O)c32)cc1. The Labute approximate surface area is 133 Å². The van der Waals surface area contributed by atoms with E-state index in [0.717, 1.165) is 16.8 Å². The van der Waals surface area contributed by atoms with E-state index in [1.54, 1.807) is 28.9 Å². The van der Waals surface area contributed by atoms with Gasteiger partial charge in [0.1, 0.15) is 12.2 Å². The fourth-order valence-electron chi connectivity index (χ4n) is 2.53. The highest BCUT2D eigenvalue weighted by Crippen LogP contribution is 2.15. The number of carbonyl (C=O) groups is 1. The lowest BCUT2D eigenvalue weighted by Crippen LogP contribution is -2.13. The largest absolute Gasteiger partial charge is 0.366 e. The maximum Gasteiger partial charge on any atom is 0.204 e. The van der Waals surface area contributed by atoms with Crippen molar-refractivity contribution in [2.24, 2.45) is 0 Å². The Kier molecular flexibility index (Phi) is 3.93. The van der Waals surface area contributed by atoms with Crippen molar-refractivity contribution in [2.45, 2.75) is 20.5 Å². The van der Waals surface area contributed by atoms with Gasteiger partial charge < -0.3 is 5.32 Å². The minimum Gasteiger partial charge on any atom is -0.366 e. The van der Waals surface area contributed by atoms with Crippen molar-refractivity contribution in [3.05, 3.63) is 70.0 Å². The summed E-state index contributed by atoms with van der Waals surface area (Å²) in [5, 5.41) is 8.51. The molecule has 0 amide bonds. The Bertz CT molecular complexity index is 927. The predicted molar refractivity (Wildman–Crippen MR) is 90.8 cm³/mol. The van der Waals surface area contributed by atoms with E-state index in [-0.39, 0.29) is 11.2 Å². The summed E-state index contributed by atoms with van der Waals surface area (Å²) in [5.74, 6) is 0.0359. The second-order valence-corrected chi connectivity index (χ2v) is 5.40. The van der Waals surface area contributed by atoms with Crippen LogP contribution in [-0.2, 0) is 6.67 Å². The highest BCUT2D eigenvalue weighted by atomic mass is 16.1. The summed E-state index contributed by atoms with van der Waals surface area (Å²) >= 11 is 0. The van der Waals surface area contributed by atoms with E-state index in [1.807, 2.05) is 31.2 Å². The van der Waals surface area contributed by atoms with Gasteiger partial charge >= 0.3 is 0 Å². The number of anilines is 1. The second kappa shape index (κ2) is 6.04. The molecule has 0 fully saturated rings. The monoisotopic (exact) mass is 307 g/mol. The van der Waals surface area contributed by atoms with Crippen molar-refractivity contribution in [2.75, 3.05) is 5.32 Å². The molecule has 116 valence electrons. The molecule has 5 nitrogen and oxygen atoms in total. The Morgan fingerprint density at radius 2 is 1.83 bits per heavy atom. The Morgan fingerprint density at radius 1 is 1.13 bits per heavy atom. The first-order valence-electron chi connectivity index (χ1n) is 7.37. The van der Waals surface area contributed by atoms with Gasteiger partial charge in [-0.05, 0) is 44.2 Å². The van der Waals surface area contributed by atoms with Gasteiger partial charge in [-0.3, -0.25) is 9.59 Å². The van der Waals surface area contributed by atoms with Crippen molar-refractivity contribution in [3.63, 3.8) is 0 Å². The maximum absolute atomic E-state index is 12.2. The van der Waals surface area contributed by atoms with Crippen LogP contribution in [0.5, 0.6) is 0 Å². The van der Waals surface area contributed by atoms with Gasteiger partial charge in [-0.2, -0.15) is 5.10 Å². The smallest absolute Gasteiger partial charge is 0.204 e. The van der Waals surface area contributed by atoms with Gasteiger partial charge in [0.15, 0.2) is 5.78 Å². The number of Topliss-reactive ketones (excluding diaryl/α,β-unsaturated/α-hetero) is 1. The lowest BCUT2D eigenvalue weighted by atomic mass is 10.1. The van der Waals surface area contributed by atoms with Gasteiger partial charge in [-0.1, -0.05) is 18.2 Å². The number of hydrogen-bond acceptors (Lipinski definition) is 4. The second-order valence-electron chi connectivity index (χ2n) is 5.40. The van der Waals surface area contributed by atoms with Gasteiger partial charge in [0.25, 0.3) is 0 Å². The number of aryl methyl sites for hydroxylation is 1. The minimum atomic E-state index is -0.0562. The summed E-state index contributed by atoms with van der Waals surface area (Å²) in [4.78, 5) is 23.5. The summed E-state index contributed by atoms with van der Waals surface area (Å²) in [6.45, 7) is 3.81. The van der Waals surface area contributed by atoms with Crippen molar-refractivity contribution < 1.29 is 4.79 Å². The average Bonchev–Trinajstić information content (AvgIpc) is 2.72. The van der Waals surface area contributed by atoms with Crippen LogP contribution in [0.1, 0.15) is 23.0 Å². The van der Waals surface area contributed by atoms with Gasteiger partial charge in [0.05, 0.1) is 5.69 Å². The van der Waals surface area contributed by atoms with Crippen LogP contribution in [-0.4, -0.2) is 15.6 Å². The van der Waals surface area contributed by atoms with Crippen LogP contribution in [0.3, 0.4) is 0 Å². The standard InChI is InChI=1S/C18H17N3O2/c1-12-16-5-3-4-6-17(23)18(16)21(20-12)11-19-15-9-7-14(8-10-15)13(2)22/h3-10,19H,11H2,1-2H3. The molecule has 23 heavy (non-hydrogen) atoms. The predicted octanol–water partition coefficient (Wildman–Crippen LogP) is 2.98. The van der Waals surface area contributed by atoms with Crippen molar-refractivity contribution >= 4 is 22.4 Å². The number of ketones is 1.